The van der Waals surface area contributed by atoms with Crippen LogP contribution >= 0.6 is 0 Å². The van der Waals surface area contributed by atoms with Crippen LogP contribution in [0.3, 0.4) is 0 Å². The Labute approximate surface area is 671 Å². The molecule has 5 aromatic heterocycles. The van der Waals surface area contributed by atoms with Crippen LogP contribution in [-0.2, 0) is 48.0 Å². The first kappa shape index (κ1) is 71.8. The van der Waals surface area contributed by atoms with Gasteiger partial charge in [0.1, 0.15) is 35.2 Å². The van der Waals surface area contributed by atoms with Gasteiger partial charge in [-0.05, 0) is 202 Å². The summed E-state index contributed by atoms with van der Waals surface area (Å²) >= 11 is 0. The van der Waals surface area contributed by atoms with Crippen molar-refractivity contribution in [3.63, 3.8) is 0 Å². The molecule has 5 heteroatoms. The van der Waals surface area contributed by atoms with Crippen LogP contribution in [0.2, 0.25) is 0 Å². The van der Waals surface area contributed by atoms with Gasteiger partial charge in [0, 0.05) is 96.7 Å². The van der Waals surface area contributed by atoms with Gasteiger partial charge >= 0.3 is 0 Å². The van der Waals surface area contributed by atoms with Gasteiger partial charge in [-0.15, -0.1) is 0 Å². The third kappa shape index (κ3) is 20.5. The maximum absolute atomic E-state index is 8.14. The molecule has 0 saturated heterocycles. The van der Waals surface area contributed by atoms with Gasteiger partial charge in [0.2, 0.25) is 28.5 Å². The summed E-state index contributed by atoms with van der Waals surface area (Å²) in [7, 11) is 10.4. The van der Waals surface area contributed by atoms with Crippen molar-refractivity contribution in [1.82, 2.24) is 0 Å². The fraction of sp³-hybridized carbons (Fsp3) is 0.198. The van der Waals surface area contributed by atoms with Gasteiger partial charge in [-0.3, -0.25) is 0 Å². The summed E-state index contributed by atoms with van der Waals surface area (Å²) < 4.78 is 57.3. The molecular formula is C106H112N5+5. The van der Waals surface area contributed by atoms with E-state index in [1.807, 2.05) is 75.6 Å². The molecule has 10 aromatic carbocycles. The number of nitrogens with zero attached hydrogens (tertiary/aromatic N) is 5. The summed E-state index contributed by atoms with van der Waals surface area (Å²) in [6, 6.07) is 105. The van der Waals surface area contributed by atoms with Crippen LogP contribution in [0, 0.1) is 41.5 Å². The number of benzene rings is 10. The van der Waals surface area contributed by atoms with Crippen molar-refractivity contribution in [2.45, 2.75) is 108 Å². The smallest absolute Gasteiger partial charge is 0.201 e. The van der Waals surface area contributed by atoms with E-state index in [1.165, 1.54) is 123 Å². The molecule has 5 nitrogen and oxygen atoms in total. The average molecular weight is 1460 g/mol. The topological polar surface area (TPSA) is 19.4 Å². The Morgan fingerprint density at radius 2 is 0.541 bits per heavy atom. The normalized spacial score (nSPS) is 11.9. The number of pyridine rings is 5. The summed E-state index contributed by atoms with van der Waals surface area (Å²) in [6.07, 6.45) is 10.3. The van der Waals surface area contributed by atoms with Crippen LogP contribution in [0.1, 0.15) is 117 Å². The van der Waals surface area contributed by atoms with Gasteiger partial charge in [-0.2, -0.15) is 0 Å². The van der Waals surface area contributed by atoms with Crippen LogP contribution in [0.4, 0.5) is 0 Å². The molecule has 0 spiro atoms. The summed E-state index contributed by atoms with van der Waals surface area (Å²) in [5, 5.41) is 0. The molecule has 0 aliphatic carbocycles. The Bertz CT molecular complexity index is 5740. The molecule has 0 aliphatic rings. The Kier molecular flexibility index (Phi) is 24.5. The van der Waals surface area contributed by atoms with E-state index in [9.17, 15) is 0 Å². The minimum Gasteiger partial charge on any atom is -0.201 e. The second-order valence-corrected chi connectivity index (χ2v) is 29.4. The molecule has 15 aromatic rings. The molecule has 0 bridgehead atoms. The van der Waals surface area contributed by atoms with E-state index in [-0.39, 0.29) is 0 Å². The van der Waals surface area contributed by atoms with E-state index in [0.717, 1.165) is 39.9 Å². The predicted octanol–water partition coefficient (Wildman–Crippen LogP) is 24.4. The van der Waals surface area contributed by atoms with E-state index in [1.54, 1.807) is 25.1 Å². The predicted molar refractivity (Wildman–Crippen MR) is 468 cm³/mol. The fourth-order valence-electron chi connectivity index (χ4n) is 13.9. The van der Waals surface area contributed by atoms with Gasteiger partial charge in [0.05, 0.1) is 0 Å². The zero-order valence-electron chi connectivity index (χ0n) is 73.8. The minimum atomic E-state index is -2.09. The van der Waals surface area contributed by atoms with Crippen LogP contribution < -0.4 is 22.8 Å². The van der Waals surface area contributed by atoms with Crippen molar-refractivity contribution in [3.8, 4) is 112 Å². The zero-order valence-corrected chi connectivity index (χ0v) is 67.8. The Balaban J connectivity index is 0.000000144. The second-order valence-electron chi connectivity index (χ2n) is 29.4. The molecule has 0 saturated carbocycles. The molecule has 111 heavy (non-hydrogen) atoms. The highest BCUT2D eigenvalue weighted by Gasteiger charge is 2.20. The number of aromatic nitrogens is 5. The zero-order chi connectivity index (χ0) is 83.9. The molecule has 5 heterocycles. The van der Waals surface area contributed by atoms with Crippen molar-refractivity contribution < 1.29 is 31.1 Å². The van der Waals surface area contributed by atoms with E-state index in [4.69, 9.17) is 8.22 Å². The lowest BCUT2D eigenvalue weighted by atomic mass is 9.97. The highest BCUT2D eigenvalue weighted by molar-refractivity contribution is 5.75. The molecule has 15 rings (SSSR count). The molecule has 0 radical (unpaired) electrons. The summed E-state index contributed by atoms with van der Waals surface area (Å²) in [4.78, 5) is 0. The third-order valence-corrected chi connectivity index (χ3v) is 21.0. The molecule has 0 amide bonds. The van der Waals surface area contributed by atoms with Crippen molar-refractivity contribution in [2.75, 3.05) is 0 Å². The van der Waals surface area contributed by atoms with Gasteiger partial charge < -0.3 is 0 Å². The van der Waals surface area contributed by atoms with E-state index >= 15 is 0 Å². The molecule has 0 atom stereocenters. The molecule has 0 fully saturated rings. The first-order valence-electron chi connectivity index (χ1n) is 41.6. The number of hydrogen-bond acceptors (Lipinski definition) is 0. The molecule has 0 aliphatic heterocycles. The maximum atomic E-state index is 8.14. The number of rotatable bonds is 14. The summed E-state index contributed by atoms with van der Waals surface area (Å²) in [5.74, 6) is 0.00805. The van der Waals surface area contributed by atoms with Gasteiger partial charge in [-0.1, -0.05) is 259 Å². The quantitative estimate of drug-likeness (QED) is 0.0967. The highest BCUT2D eigenvalue weighted by atomic mass is 14.9. The maximum Gasteiger partial charge on any atom is 0.213 e. The van der Waals surface area contributed by atoms with E-state index < -0.39 is 19.1 Å². The van der Waals surface area contributed by atoms with Crippen LogP contribution in [-0.4, -0.2) is 0 Å². The Morgan fingerprint density at radius 1 is 0.279 bits per heavy atom. The lowest BCUT2D eigenvalue weighted by Crippen LogP contribution is -2.30. The Hall–Kier alpha value is -12.1. The van der Waals surface area contributed by atoms with Crippen molar-refractivity contribution in [3.05, 3.63) is 390 Å². The Morgan fingerprint density at radius 3 is 0.802 bits per heavy atom. The highest BCUT2D eigenvalue weighted by Crippen LogP contribution is 2.33. The first-order valence-corrected chi connectivity index (χ1v) is 38.6. The lowest BCUT2D eigenvalue weighted by Gasteiger charge is -2.09. The second kappa shape index (κ2) is 37.9. The van der Waals surface area contributed by atoms with Crippen molar-refractivity contribution in [2.24, 2.45) is 35.2 Å². The monoisotopic (exact) mass is 1460 g/mol. The summed E-state index contributed by atoms with van der Waals surface area (Å²) in [5.41, 5.74) is 35.0. The third-order valence-electron chi connectivity index (χ3n) is 21.0. The molecule has 0 unspecified atom stereocenters. The van der Waals surface area contributed by atoms with Crippen molar-refractivity contribution >= 4 is 0 Å². The molecule has 556 valence electrons. The number of aryl methyl sites for hydroxylation is 13. The standard InChI is InChI=1S/2C22H24N.2C21H22N.C20H20N/c2*1-16(2)18-9-11-19(12-10-18)20-13-14-23(4)22(15-20)21-8-6-5-7-17(21)3;2*1-4-17-9-11-18(12-10-17)19-13-14-22(3)21(15-19)20-8-6-5-7-16(20)2;1-15-7-6-9-17(13-15)18-11-12-21(3)20(14-18)19-10-5-4-8-16(19)2/h2*5-16H,1-4H3;2*5-15H,4H2,1-3H3;4-14H,1-3H3/q5*+1/i16D;;4D2;;1D3. The first-order chi connectivity index (χ1) is 55.8. The minimum absolute atomic E-state index is 0.366. The average Bonchev–Trinajstić information content (AvgIpc) is 0.822. The van der Waals surface area contributed by atoms with Crippen molar-refractivity contribution in [1.29, 1.82) is 0 Å². The van der Waals surface area contributed by atoms with Crippen LogP contribution in [0.5, 0.6) is 0 Å². The van der Waals surface area contributed by atoms with E-state index in [0.29, 0.717) is 17.0 Å². The lowest BCUT2D eigenvalue weighted by molar-refractivity contribution is -0.660. The SMILES string of the molecule is CCc1ccc(-c2cc[n+](C)c(-c3ccccc3C)c2)cc1.Cc1ccccc1-c1cc(-c2ccc(C(C)C)cc2)cc[n+]1C.[2H]C(C)(C)c1ccc(-c2cc[n+](C)c(-c3ccccc3C)c2)cc1.[2H]C([2H])(C)c1ccc(-c2cc[n+](C)c(-c3ccccc3C)c2)cc1.[2H]C([2H])([2H])c1cccc(-c2cc[n+](C)c(-c3ccccc3C)c2)c1. The number of hydrogen-bond donors (Lipinski definition) is 0. The fourth-order valence-corrected chi connectivity index (χ4v) is 13.9. The van der Waals surface area contributed by atoms with Gasteiger partial charge in [0.15, 0.2) is 31.0 Å². The van der Waals surface area contributed by atoms with Crippen LogP contribution in [0.25, 0.3) is 112 Å². The molecule has 0 N–H and O–H groups in total. The summed E-state index contributed by atoms with van der Waals surface area (Å²) in [6.45, 7) is 20.7. The van der Waals surface area contributed by atoms with Gasteiger partial charge in [-0.25, -0.2) is 22.8 Å². The van der Waals surface area contributed by atoms with E-state index in [2.05, 4.69) is 368 Å². The van der Waals surface area contributed by atoms with Crippen LogP contribution in [0.15, 0.2) is 334 Å². The van der Waals surface area contributed by atoms with Gasteiger partial charge in [0.25, 0.3) is 0 Å². The largest absolute Gasteiger partial charge is 0.213 e. The molecular weight excluding hydrogens is 1340 g/mol.